The molecule has 3 nitrogen and oxygen atoms in total. The number of hydrogen-bond acceptors (Lipinski definition) is 3. The van der Waals surface area contributed by atoms with Gasteiger partial charge in [-0.25, -0.2) is 0 Å². The van der Waals surface area contributed by atoms with E-state index >= 15 is 0 Å². The van der Waals surface area contributed by atoms with Gasteiger partial charge in [-0.1, -0.05) is 29.3 Å². The maximum Gasteiger partial charge on any atom is 1.00 e. The van der Waals surface area contributed by atoms with Crippen molar-refractivity contribution >= 4 is 23.2 Å². The van der Waals surface area contributed by atoms with Crippen molar-refractivity contribution in [2.45, 2.75) is 25.5 Å². The molecule has 0 aromatic heterocycles. The first kappa shape index (κ1) is 19.2. The van der Waals surface area contributed by atoms with Crippen molar-refractivity contribution in [3.05, 3.63) is 58.1 Å². The molecule has 0 bridgehead atoms. The average molecular weight is 389 g/mol. The molecule has 0 spiro atoms. The van der Waals surface area contributed by atoms with Crippen LogP contribution in [-0.2, 0) is 6.61 Å². The van der Waals surface area contributed by atoms with Crippen molar-refractivity contribution in [3.8, 4) is 11.5 Å². The average Bonchev–Trinajstić information content (AvgIpc) is 3.07. The first-order chi connectivity index (χ1) is 11.2. The highest BCUT2D eigenvalue weighted by atomic mass is 35.5. The molecule has 6 heteroatoms. The molecule has 0 aliphatic carbocycles. The Hall–Kier alpha value is -1.13. The van der Waals surface area contributed by atoms with Crippen LogP contribution in [0.15, 0.2) is 42.5 Å². The molecule has 24 heavy (non-hydrogen) atoms. The monoisotopic (exact) mass is 387 g/mol. The van der Waals surface area contributed by atoms with Gasteiger partial charge in [0, 0.05) is 21.7 Å². The molecule has 0 saturated carbocycles. The maximum absolute atomic E-state index is 6.13. The molecule has 1 aliphatic rings. The van der Waals surface area contributed by atoms with Crippen molar-refractivity contribution in [2.24, 2.45) is 0 Å². The van der Waals surface area contributed by atoms with E-state index in [2.05, 4.69) is 5.32 Å². The van der Waals surface area contributed by atoms with E-state index in [-0.39, 0.29) is 13.8 Å². The Bertz CT molecular complexity index is 649. The summed E-state index contributed by atoms with van der Waals surface area (Å²) in [7, 11) is 0. The predicted molar refractivity (Wildman–Crippen MR) is 94.9 cm³/mol. The Kier molecular flexibility index (Phi) is 7.50. The summed E-state index contributed by atoms with van der Waals surface area (Å²) in [4.78, 5) is 0. The van der Waals surface area contributed by atoms with E-state index in [0.29, 0.717) is 29.3 Å². The Morgan fingerprint density at radius 3 is 2.38 bits per heavy atom. The zero-order valence-electron chi connectivity index (χ0n) is 14.1. The predicted octanol–water partition coefficient (Wildman–Crippen LogP) is 1.82. The van der Waals surface area contributed by atoms with E-state index in [1.807, 2.05) is 30.3 Å². The topological polar surface area (TPSA) is 30.5 Å². The molecule has 3 rings (SSSR count). The third-order valence-electron chi connectivity index (χ3n) is 3.85. The van der Waals surface area contributed by atoms with Gasteiger partial charge in [0.15, 0.2) is 0 Å². The van der Waals surface area contributed by atoms with Crippen LogP contribution >= 0.6 is 23.2 Å². The van der Waals surface area contributed by atoms with E-state index in [1.54, 1.807) is 12.1 Å². The van der Waals surface area contributed by atoms with Gasteiger partial charge in [0.1, 0.15) is 24.7 Å². The van der Waals surface area contributed by atoms with Gasteiger partial charge in [0.2, 0.25) is 0 Å². The Balaban J connectivity index is 0.00000156. The summed E-state index contributed by atoms with van der Waals surface area (Å²) >= 11 is 12.0. The van der Waals surface area contributed by atoms with E-state index in [0.717, 1.165) is 23.6 Å². The Morgan fingerprint density at radius 2 is 1.75 bits per heavy atom. The van der Waals surface area contributed by atoms with Crippen LogP contribution < -0.4 is 27.2 Å². The van der Waals surface area contributed by atoms with Gasteiger partial charge in [-0.05, 0) is 55.8 Å². The van der Waals surface area contributed by atoms with E-state index < -0.39 is 0 Å². The van der Waals surface area contributed by atoms with Crippen LogP contribution in [0.25, 0.3) is 0 Å². The summed E-state index contributed by atoms with van der Waals surface area (Å²) in [6.45, 7) is 2.21. The summed E-state index contributed by atoms with van der Waals surface area (Å²) in [5.74, 6) is 1.64. The molecule has 130 valence electrons. The smallest absolute Gasteiger partial charge is 1.00 e. The first-order valence-electron chi connectivity index (χ1n) is 7.74. The van der Waals surface area contributed by atoms with E-state index in [1.165, 1.54) is 12.8 Å². The van der Waals surface area contributed by atoms with Gasteiger partial charge in [0.05, 0.1) is 0 Å². The maximum atomic E-state index is 6.13. The van der Waals surface area contributed by atoms with Gasteiger partial charge < -0.3 is 27.2 Å². The molecule has 1 heterocycles. The second-order valence-corrected chi connectivity index (χ2v) is 6.44. The van der Waals surface area contributed by atoms with Crippen LogP contribution in [0.2, 0.25) is 10.0 Å². The highest BCUT2D eigenvalue weighted by Gasteiger charge is 2.14. The lowest BCUT2D eigenvalue weighted by Gasteiger charge is -2.13. The van der Waals surface area contributed by atoms with Crippen molar-refractivity contribution in [3.63, 3.8) is 0 Å². The second kappa shape index (κ2) is 9.38. The van der Waals surface area contributed by atoms with Crippen molar-refractivity contribution in [2.75, 3.05) is 13.2 Å². The number of rotatable bonds is 6. The molecule has 1 N–H and O–H groups in total. The van der Waals surface area contributed by atoms with Crippen LogP contribution in [0.3, 0.4) is 0 Å². The molecule has 2 aromatic rings. The lowest BCUT2D eigenvalue weighted by Crippen LogP contribution is -3.00. The fourth-order valence-electron chi connectivity index (χ4n) is 2.53. The van der Waals surface area contributed by atoms with E-state index in [4.69, 9.17) is 32.7 Å². The lowest BCUT2D eigenvalue weighted by atomic mass is 10.2. The number of halogens is 3. The number of benzene rings is 2. The third-order valence-corrected chi connectivity index (χ3v) is 4.43. The zero-order chi connectivity index (χ0) is 16.1. The highest BCUT2D eigenvalue weighted by Crippen LogP contribution is 2.24. The summed E-state index contributed by atoms with van der Waals surface area (Å²) in [5, 5.41) is 4.65. The summed E-state index contributed by atoms with van der Waals surface area (Å²) in [5.41, 5.74) is 0.906. The van der Waals surface area contributed by atoms with Crippen LogP contribution in [0.5, 0.6) is 11.5 Å². The minimum Gasteiger partial charge on any atom is -1.00 e. The molecular formula is C18H20Cl3NO2. The Morgan fingerprint density at radius 1 is 1.04 bits per heavy atom. The normalized spacial score (nSPS) is 16.5. The molecule has 1 saturated heterocycles. The zero-order valence-corrected chi connectivity index (χ0v) is 15.4. The standard InChI is InChI=1S/C18H19Cl2NO2.ClH/c19-14-4-3-13(18(20)10-14)11-22-16-5-7-17(8-6-16)23-12-15-2-1-9-21-15;/h3-8,10,15,21H,1-2,9,11-12H2;1H/t15-;/m1./s1. The molecule has 0 unspecified atom stereocenters. The van der Waals surface area contributed by atoms with Crippen LogP contribution in [0.1, 0.15) is 19.8 Å². The third kappa shape index (κ3) is 5.45. The Labute approximate surface area is 160 Å². The molecule has 0 radical (unpaired) electrons. The molecular weight excluding hydrogens is 369 g/mol. The van der Waals surface area contributed by atoms with Gasteiger partial charge in [-0.15, -0.1) is 0 Å². The summed E-state index contributed by atoms with van der Waals surface area (Å²) in [6, 6.07) is 13.5. The minimum atomic E-state index is 0. The molecule has 2 aromatic carbocycles. The molecule has 1 atom stereocenters. The largest absolute Gasteiger partial charge is 1.00 e. The van der Waals surface area contributed by atoms with Gasteiger partial charge in [0.25, 0.3) is 0 Å². The van der Waals surface area contributed by atoms with Crippen LogP contribution in [0, 0.1) is 0 Å². The van der Waals surface area contributed by atoms with Gasteiger partial charge in [-0.3, -0.25) is 0 Å². The summed E-state index contributed by atoms with van der Waals surface area (Å²) in [6.07, 6.45) is 2.41. The quantitative estimate of drug-likeness (QED) is 0.819. The number of ether oxygens (including phenoxy) is 2. The van der Waals surface area contributed by atoms with Crippen molar-refractivity contribution in [1.29, 1.82) is 0 Å². The van der Waals surface area contributed by atoms with Crippen LogP contribution in [-0.4, -0.2) is 19.2 Å². The lowest BCUT2D eigenvalue weighted by molar-refractivity contribution is -0.00000523. The number of nitrogens with one attached hydrogen (secondary N) is 1. The first-order valence-corrected chi connectivity index (χ1v) is 8.49. The summed E-state index contributed by atoms with van der Waals surface area (Å²) < 4.78 is 11.5. The van der Waals surface area contributed by atoms with E-state index in [9.17, 15) is 0 Å². The molecule has 1 aliphatic heterocycles. The van der Waals surface area contributed by atoms with Crippen LogP contribution in [0.4, 0.5) is 0 Å². The van der Waals surface area contributed by atoms with Gasteiger partial charge in [-0.2, -0.15) is 0 Å². The van der Waals surface area contributed by atoms with Crippen molar-refractivity contribution in [1.82, 2.24) is 5.32 Å². The van der Waals surface area contributed by atoms with Gasteiger partial charge >= 0.3 is 1.43 Å². The SMILES string of the molecule is Clc1ccc(COc2ccc(OC[C@H]3CCCN3)cc2)c(Cl)c1.[Cl-].[H+]. The van der Waals surface area contributed by atoms with Crippen molar-refractivity contribution < 1.29 is 23.3 Å². The minimum absolute atomic E-state index is 0. The highest BCUT2D eigenvalue weighted by molar-refractivity contribution is 6.35. The second-order valence-electron chi connectivity index (χ2n) is 5.60. The molecule has 0 amide bonds. The molecule has 1 fully saturated rings. The fourth-order valence-corrected chi connectivity index (χ4v) is 2.99. The fraction of sp³-hybridized carbons (Fsp3) is 0.333. The number of hydrogen-bond donors (Lipinski definition) is 1.